The van der Waals surface area contributed by atoms with E-state index in [1.54, 1.807) is 6.92 Å². The summed E-state index contributed by atoms with van der Waals surface area (Å²) in [5, 5.41) is 1.88. The van der Waals surface area contributed by atoms with Gasteiger partial charge in [0.05, 0.1) is 6.61 Å². The molecular formula is C9H18N2O6S2. The third-order valence-electron chi connectivity index (χ3n) is 2.47. The second-order valence-electron chi connectivity index (χ2n) is 4.24. The number of nitrogens with one attached hydrogen (secondary N) is 1. The van der Waals surface area contributed by atoms with Gasteiger partial charge < -0.3 is 10.1 Å². The Kier molecular flexibility index (Phi) is 5.30. The maximum atomic E-state index is 12.0. The Morgan fingerprint density at radius 3 is 2.53 bits per heavy atom. The molecule has 8 nitrogen and oxygen atoms in total. The normalized spacial score (nSPS) is 22.1. The van der Waals surface area contributed by atoms with Crippen molar-refractivity contribution in [3.63, 3.8) is 0 Å². The number of nitrogens with zero attached hydrogens (tertiary/aromatic N) is 1. The van der Waals surface area contributed by atoms with Gasteiger partial charge in [-0.25, -0.2) is 16.8 Å². The van der Waals surface area contributed by atoms with Crippen LogP contribution in [0, 0.1) is 0 Å². The molecule has 112 valence electrons. The van der Waals surface area contributed by atoms with Gasteiger partial charge in [0, 0.05) is 25.9 Å². The molecule has 1 saturated heterocycles. The van der Waals surface area contributed by atoms with Crippen molar-refractivity contribution in [2.24, 2.45) is 0 Å². The number of esters is 1. The highest BCUT2D eigenvalue weighted by Gasteiger charge is 2.39. The van der Waals surface area contributed by atoms with Crippen LogP contribution in [0.1, 0.15) is 6.92 Å². The summed E-state index contributed by atoms with van der Waals surface area (Å²) in [6.45, 7) is 2.26. The smallest absolute Gasteiger partial charge is 0.325 e. The molecule has 0 aromatic rings. The highest BCUT2D eigenvalue weighted by atomic mass is 32.3. The molecule has 1 aliphatic rings. The van der Waals surface area contributed by atoms with Gasteiger partial charge in [0.15, 0.2) is 14.9 Å². The van der Waals surface area contributed by atoms with Crippen molar-refractivity contribution < 1.29 is 26.4 Å². The monoisotopic (exact) mass is 314 g/mol. The molecule has 1 unspecified atom stereocenters. The molecule has 1 rings (SSSR count). The predicted octanol–water partition coefficient (Wildman–Crippen LogP) is -1.84. The summed E-state index contributed by atoms with van der Waals surface area (Å²) < 4.78 is 52.1. The molecule has 0 saturated carbocycles. The SMILES string of the molecule is CCOC(=O)C1CNCCN1S(=O)(=O)CS(C)(=O)=O. The minimum Gasteiger partial charge on any atom is -0.465 e. The van der Waals surface area contributed by atoms with E-state index in [1.807, 2.05) is 0 Å². The molecule has 10 heteroatoms. The van der Waals surface area contributed by atoms with Crippen LogP contribution in [0.2, 0.25) is 0 Å². The van der Waals surface area contributed by atoms with Crippen molar-refractivity contribution in [3.8, 4) is 0 Å². The summed E-state index contributed by atoms with van der Waals surface area (Å²) in [5.74, 6) is -0.674. The molecule has 1 N–H and O–H groups in total. The molecule has 1 atom stereocenters. The lowest BCUT2D eigenvalue weighted by Crippen LogP contribution is -2.58. The first kappa shape index (κ1) is 16.3. The fraction of sp³-hybridized carbons (Fsp3) is 0.889. The van der Waals surface area contributed by atoms with Crippen LogP contribution < -0.4 is 5.32 Å². The van der Waals surface area contributed by atoms with E-state index in [4.69, 9.17) is 4.74 Å². The number of rotatable bonds is 5. The fourth-order valence-corrected chi connectivity index (χ4v) is 5.42. The Morgan fingerprint density at radius 1 is 1.37 bits per heavy atom. The quantitative estimate of drug-likeness (QED) is 0.593. The molecule has 1 aliphatic heterocycles. The molecule has 0 aromatic carbocycles. The Labute approximate surface area is 113 Å². The Balaban J connectivity index is 2.97. The number of carbonyl (C=O) groups excluding carboxylic acids is 1. The zero-order valence-electron chi connectivity index (χ0n) is 10.8. The van der Waals surface area contributed by atoms with Crippen LogP contribution >= 0.6 is 0 Å². The first-order valence-electron chi connectivity index (χ1n) is 5.72. The summed E-state index contributed by atoms with van der Waals surface area (Å²) in [6.07, 6.45) is 0.839. The lowest BCUT2D eigenvalue weighted by atomic mass is 10.2. The number of sulfonamides is 1. The van der Waals surface area contributed by atoms with Gasteiger partial charge in [0.25, 0.3) is 0 Å². The molecule has 0 aliphatic carbocycles. The molecule has 0 radical (unpaired) electrons. The van der Waals surface area contributed by atoms with Crippen molar-refractivity contribution in [1.82, 2.24) is 9.62 Å². The van der Waals surface area contributed by atoms with Gasteiger partial charge in [-0.05, 0) is 6.92 Å². The number of sulfone groups is 1. The summed E-state index contributed by atoms with van der Waals surface area (Å²) in [4.78, 5) is 11.7. The standard InChI is InChI=1S/C9H18N2O6S2/c1-3-17-9(12)8-6-10-4-5-11(8)19(15,16)7-18(2,13)14/h8,10H,3-7H2,1-2H3. The van der Waals surface area contributed by atoms with E-state index in [0.717, 1.165) is 10.6 Å². The zero-order valence-corrected chi connectivity index (χ0v) is 12.5. The van der Waals surface area contributed by atoms with Crippen LogP contribution in [0.3, 0.4) is 0 Å². The van der Waals surface area contributed by atoms with Crippen LogP contribution in [-0.4, -0.2) is 70.7 Å². The number of hydrogen-bond donors (Lipinski definition) is 1. The van der Waals surface area contributed by atoms with Crippen molar-refractivity contribution >= 4 is 25.8 Å². The van der Waals surface area contributed by atoms with Gasteiger partial charge in [-0.3, -0.25) is 4.79 Å². The molecule has 19 heavy (non-hydrogen) atoms. The Bertz CT molecular complexity index is 527. The molecule has 0 spiro atoms. The van der Waals surface area contributed by atoms with Gasteiger partial charge in [0.1, 0.15) is 6.04 Å². The Morgan fingerprint density at radius 2 is 2.00 bits per heavy atom. The van der Waals surface area contributed by atoms with Crippen LogP contribution in [0.4, 0.5) is 0 Å². The third kappa shape index (κ3) is 4.71. The lowest BCUT2D eigenvalue weighted by molar-refractivity contribution is -0.148. The van der Waals surface area contributed by atoms with Crippen LogP contribution in [0.5, 0.6) is 0 Å². The fourth-order valence-electron chi connectivity index (χ4n) is 1.80. The summed E-state index contributed by atoms with van der Waals surface area (Å²) in [7, 11) is -7.74. The average molecular weight is 314 g/mol. The largest absolute Gasteiger partial charge is 0.465 e. The van der Waals surface area contributed by atoms with Gasteiger partial charge in [0.2, 0.25) is 10.0 Å². The second-order valence-corrected chi connectivity index (χ2v) is 8.67. The van der Waals surface area contributed by atoms with Crippen molar-refractivity contribution in [1.29, 1.82) is 0 Å². The molecular weight excluding hydrogens is 296 g/mol. The van der Waals surface area contributed by atoms with Crippen molar-refractivity contribution in [2.45, 2.75) is 13.0 Å². The molecule has 0 bridgehead atoms. The average Bonchev–Trinajstić information content (AvgIpc) is 2.26. The van der Waals surface area contributed by atoms with E-state index in [1.165, 1.54) is 0 Å². The maximum Gasteiger partial charge on any atom is 0.325 e. The number of carbonyl (C=O) groups is 1. The van der Waals surface area contributed by atoms with Gasteiger partial charge in [-0.2, -0.15) is 4.31 Å². The number of piperazine rings is 1. The molecule has 0 aromatic heterocycles. The summed E-state index contributed by atoms with van der Waals surface area (Å²) in [5.41, 5.74) is 0. The van der Waals surface area contributed by atoms with E-state index in [9.17, 15) is 21.6 Å². The van der Waals surface area contributed by atoms with E-state index in [-0.39, 0.29) is 19.7 Å². The molecule has 1 heterocycles. The van der Waals surface area contributed by atoms with Crippen molar-refractivity contribution in [3.05, 3.63) is 0 Å². The van der Waals surface area contributed by atoms with Crippen LogP contribution in [0.15, 0.2) is 0 Å². The van der Waals surface area contributed by atoms with E-state index in [0.29, 0.717) is 6.54 Å². The number of ether oxygens (including phenoxy) is 1. The van der Waals surface area contributed by atoms with Crippen LogP contribution in [-0.2, 0) is 29.4 Å². The topological polar surface area (TPSA) is 110 Å². The highest BCUT2D eigenvalue weighted by Crippen LogP contribution is 2.13. The zero-order chi connectivity index (χ0) is 14.7. The minimum atomic E-state index is -4.05. The predicted molar refractivity (Wildman–Crippen MR) is 68.6 cm³/mol. The van der Waals surface area contributed by atoms with Gasteiger partial charge >= 0.3 is 5.97 Å². The van der Waals surface area contributed by atoms with Crippen LogP contribution in [0.25, 0.3) is 0 Å². The van der Waals surface area contributed by atoms with Gasteiger partial charge in [-0.1, -0.05) is 0 Å². The first-order chi connectivity index (χ1) is 8.67. The lowest BCUT2D eigenvalue weighted by Gasteiger charge is -2.33. The molecule has 0 amide bonds. The maximum absolute atomic E-state index is 12.0. The van der Waals surface area contributed by atoms with E-state index in [2.05, 4.69) is 5.32 Å². The second kappa shape index (κ2) is 6.16. The minimum absolute atomic E-state index is 0.0430. The first-order valence-corrected chi connectivity index (χ1v) is 9.39. The summed E-state index contributed by atoms with van der Waals surface area (Å²) in [6, 6.07) is -1.01. The van der Waals surface area contributed by atoms with E-state index >= 15 is 0 Å². The summed E-state index contributed by atoms with van der Waals surface area (Å²) >= 11 is 0. The van der Waals surface area contributed by atoms with E-state index < -0.39 is 37.0 Å². The molecule has 1 fully saturated rings. The highest BCUT2D eigenvalue weighted by molar-refractivity contribution is 8.06. The third-order valence-corrected chi connectivity index (χ3v) is 6.53. The van der Waals surface area contributed by atoms with Gasteiger partial charge in [-0.15, -0.1) is 0 Å². The van der Waals surface area contributed by atoms with Crippen molar-refractivity contribution in [2.75, 3.05) is 37.6 Å². The Hall–Kier alpha value is -0.710. The number of hydrogen-bond acceptors (Lipinski definition) is 7.